The zero-order valence-electron chi connectivity index (χ0n) is 16.8. The van der Waals surface area contributed by atoms with Crippen molar-refractivity contribution in [2.75, 3.05) is 25.0 Å². The van der Waals surface area contributed by atoms with E-state index in [0.29, 0.717) is 18.8 Å². The summed E-state index contributed by atoms with van der Waals surface area (Å²) in [7, 11) is 0. The second-order valence-electron chi connectivity index (χ2n) is 6.98. The third kappa shape index (κ3) is 6.17. The van der Waals surface area contributed by atoms with Crippen molar-refractivity contribution >= 4 is 35.1 Å². The first kappa shape index (κ1) is 21.1. The van der Waals surface area contributed by atoms with Gasteiger partial charge in [0, 0.05) is 42.3 Å². The summed E-state index contributed by atoms with van der Waals surface area (Å²) in [6, 6.07) is 9.52. The minimum Gasteiger partial charge on any atom is -0.463 e. The Morgan fingerprint density at radius 3 is 2.83 bits per heavy atom. The Balaban J connectivity index is 1.43. The Bertz CT molecular complexity index is 860. The molecule has 0 unspecified atom stereocenters. The lowest BCUT2D eigenvalue weighted by molar-refractivity contribution is -0.137. The zero-order valence-corrected chi connectivity index (χ0v) is 17.6. The molecule has 0 aliphatic carbocycles. The number of rotatable bonds is 7. The van der Waals surface area contributed by atoms with Crippen LogP contribution in [0.4, 0.5) is 10.5 Å². The summed E-state index contributed by atoms with van der Waals surface area (Å²) in [4.78, 5) is 27.4. The Hall–Kier alpha value is -2.64. The maximum Gasteiger partial charge on any atom is 0.330 e. The van der Waals surface area contributed by atoms with Gasteiger partial charge >= 0.3 is 12.0 Å². The number of fused-ring (bicyclic) bond motifs is 1. The third-order valence-electron chi connectivity index (χ3n) is 4.89. The molecule has 0 spiro atoms. The van der Waals surface area contributed by atoms with E-state index in [2.05, 4.69) is 33.9 Å². The number of carbonyl (C=O) groups is 2. The number of anilines is 1. The molecule has 2 N–H and O–H groups in total. The molecular weight excluding hydrogens is 386 g/mol. The monoisotopic (exact) mass is 413 g/mol. The van der Waals surface area contributed by atoms with Gasteiger partial charge in [-0.2, -0.15) is 0 Å². The lowest BCUT2D eigenvalue weighted by Gasteiger charge is -2.32. The summed E-state index contributed by atoms with van der Waals surface area (Å²) in [5.41, 5.74) is 2.97. The number of carbonyl (C=O) groups excluding carboxylic acids is 2. The van der Waals surface area contributed by atoms with Crippen LogP contribution in [0.5, 0.6) is 0 Å². The van der Waals surface area contributed by atoms with E-state index in [-0.39, 0.29) is 18.0 Å². The van der Waals surface area contributed by atoms with Crippen LogP contribution in [0.1, 0.15) is 29.9 Å². The number of hydrogen-bond acceptors (Lipinski definition) is 5. The Labute approximate surface area is 175 Å². The van der Waals surface area contributed by atoms with Crippen molar-refractivity contribution < 1.29 is 14.3 Å². The number of benzene rings is 1. The highest BCUT2D eigenvalue weighted by molar-refractivity contribution is 7.10. The van der Waals surface area contributed by atoms with Crippen LogP contribution in [0.3, 0.4) is 0 Å². The molecule has 0 saturated carbocycles. The largest absolute Gasteiger partial charge is 0.463 e. The van der Waals surface area contributed by atoms with Gasteiger partial charge in [0.25, 0.3) is 0 Å². The molecule has 6 nitrogen and oxygen atoms in total. The molecule has 7 heteroatoms. The van der Waals surface area contributed by atoms with Gasteiger partial charge in [0.05, 0.1) is 6.61 Å². The first-order chi connectivity index (χ1) is 14.0. The SMILES string of the molecule is CCOC(=O)/C=C/c1ccc(NC(=O)NC[C@H](C)N2CCc3sccc3C2)cc1. The van der Waals surface area contributed by atoms with Gasteiger partial charge in [-0.3, -0.25) is 4.90 Å². The minimum atomic E-state index is -0.368. The average molecular weight is 414 g/mol. The molecule has 2 amide bonds. The lowest BCUT2D eigenvalue weighted by atomic mass is 10.1. The maximum absolute atomic E-state index is 12.2. The quantitative estimate of drug-likeness (QED) is 0.534. The van der Waals surface area contributed by atoms with Gasteiger partial charge in [0.15, 0.2) is 0 Å². The summed E-state index contributed by atoms with van der Waals surface area (Å²) < 4.78 is 4.85. The Kier molecular flexibility index (Phi) is 7.43. The topological polar surface area (TPSA) is 70.7 Å². The smallest absolute Gasteiger partial charge is 0.330 e. The van der Waals surface area contributed by atoms with Crippen molar-refractivity contribution in [2.24, 2.45) is 0 Å². The van der Waals surface area contributed by atoms with Crippen molar-refractivity contribution in [1.82, 2.24) is 10.2 Å². The summed E-state index contributed by atoms with van der Waals surface area (Å²) in [6.45, 7) is 6.83. The molecule has 1 aliphatic heterocycles. The fourth-order valence-electron chi connectivity index (χ4n) is 3.22. The highest BCUT2D eigenvalue weighted by atomic mass is 32.1. The van der Waals surface area contributed by atoms with E-state index < -0.39 is 0 Å². The van der Waals surface area contributed by atoms with Crippen LogP contribution in [0.2, 0.25) is 0 Å². The number of nitrogens with zero attached hydrogens (tertiary/aromatic N) is 1. The first-order valence-electron chi connectivity index (χ1n) is 9.84. The summed E-state index contributed by atoms with van der Waals surface area (Å²) in [5, 5.41) is 7.95. The standard InChI is InChI=1S/C22H27N3O3S/c1-3-28-21(26)9-6-17-4-7-19(8-5-17)24-22(27)23-14-16(2)25-12-10-20-18(15-25)11-13-29-20/h4-9,11,13,16H,3,10,12,14-15H2,1-2H3,(H2,23,24,27)/b9-6+/t16-/m0/s1. The van der Waals surface area contributed by atoms with Crippen LogP contribution in [0, 0.1) is 0 Å². The molecular formula is C22H27N3O3S. The van der Waals surface area contributed by atoms with Crippen molar-refractivity contribution in [1.29, 1.82) is 0 Å². The maximum atomic E-state index is 12.2. The molecule has 1 aromatic carbocycles. The van der Waals surface area contributed by atoms with E-state index >= 15 is 0 Å². The molecule has 0 saturated heterocycles. The number of ether oxygens (including phenoxy) is 1. The van der Waals surface area contributed by atoms with Crippen molar-refractivity contribution in [2.45, 2.75) is 32.9 Å². The minimum absolute atomic E-state index is 0.222. The molecule has 2 heterocycles. The lowest BCUT2D eigenvalue weighted by Crippen LogP contribution is -2.45. The number of esters is 1. The molecule has 1 aromatic heterocycles. The third-order valence-corrected chi connectivity index (χ3v) is 5.91. The van der Waals surface area contributed by atoms with Crippen molar-refractivity contribution in [3.8, 4) is 0 Å². The predicted molar refractivity (Wildman–Crippen MR) is 117 cm³/mol. The Morgan fingerprint density at radius 1 is 1.28 bits per heavy atom. The van der Waals surface area contributed by atoms with E-state index in [4.69, 9.17) is 4.74 Å². The molecule has 154 valence electrons. The van der Waals surface area contributed by atoms with Crippen molar-refractivity contribution in [3.05, 3.63) is 57.8 Å². The molecule has 0 fully saturated rings. The van der Waals surface area contributed by atoms with E-state index in [1.54, 1.807) is 25.1 Å². The number of nitrogens with one attached hydrogen (secondary N) is 2. The molecule has 0 radical (unpaired) electrons. The summed E-state index contributed by atoms with van der Waals surface area (Å²) >= 11 is 1.83. The van der Waals surface area contributed by atoms with E-state index in [0.717, 1.165) is 25.1 Å². The zero-order chi connectivity index (χ0) is 20.6. The fourth-order valence-corrected chi connectivity index (χ4v) is 4.11. The van der Waals surface area contributed by atoms with Gasteiger partial charge < -0.3 is 15.4 Å². The number of thiophene rings is 1. The summed E-state index contributed by atoms with van der Waals surface area (Å²) in [6.07, 6.45) is 4.15. The molecule has 0 bridgehead atoms. The predicted octanol–water partition coefficient (Wildman–Crippen LogP) is 3.89. The fraction of sp³-hybridized carbons (Fsp3) is 0.364. The molecule has 2 aromatic rings. The van der Waals surface area contributed by atoms with Gasteiger partial charge in [-0.25, -0.2) is 9.59 Å². The Morgan fingerprint density at radius 2 is 2.07 bits per heavy atom. The van der Waals surface area contributed by atoms with Crippen LogP contribution in [0.15, 0.2) is 41.8 Å². The first-order valence-corrected chi connectivity index (χ1v) is 10.7. The van der Waals surface area contributed by atoms with Crippen LogP contribution < -0.4 is 10.6 Å². The van der Waals surface area contributed by atoms with E-state index in [9.17, 15) is 9.59 Å². The number of urea groups is 1. The van der Waals surface area contributed by atoms with Gasteiger partial charge in [-0.1, -0.05) is 12.1 Å². The highest BCUT2D eigenvalue weighted by Crippen LogP contribution is 2.25. The molecule has 3 rings (SSSR count). The normalized spacial score (nSPS) is 15.0. The molecule has 29 heavy (non-hydrogen) atoms. The second-order valence-corrected chi connectivity index (χ2v) is 7.98. The molecule has 1 aliphatic rings. The number of amides is 2. The van der Waals surface area contributed by atoms with E-state index in [1.807, 2.05) is 23.5 Å². The van der Waals surface area contributed by atoms with Gasteiger partial charge in [-0.15, -0.1) is 11.3 Å². The summed E-state index contributed by atoms with van der Waals surface area (Å²) in [5.74, 6) is -0.368. The van der Waals surface area contributed by atoms with Crippen LogP contribution in [-0.4, -0.2) is 42.6 Å². The van der Waals surface area contributed by atoms with E-state index in [1.165, 1.54) is 16.5 Å². The van der Waals surface area contributed by atoms with Crippen LogP contribution in [-0.2, 0) is 22.5 Å². The van der Waals surface area contributed by atoms with Crippen LogP contribution >= 0.6 is 11.3 Å². The van der Waals surface area contributed by atoms with Crippen LogP contribution in [0.25, 0.3) is 6.08 Å². The van der Waals surface area contributed by atoms with Gasteiger partial charge in [-0.05, 0) is 61.1 Å². The highest BCUT2D eigenvalue weighted by Gasteiger charge is 2.21. The van der Waals surface area contributed by atoms with Gasteiger partial charge in [0.1, 0.15) is 0 Å². The number of hydrogen-bond donors (Lipinski definition) is 2. The van der Waals surface area contributed by atoms with Crippen molar-refractivity contribution in [3.63, 3.8) is 0 Å². The average Bonchev–Trinajstić information content (AvgIpc) is 3.19. The van der Waals surface area contributed by atoms with Gasteiger partial charge in [0.2, 0.25) is 0 Å². The second kappa shape index (κ2) is 10.2. The molecule has 1 atom stereocenters.